The number of fused-ring (bicyclic) bond motifs is 2. The Bertz CT molecular complexity index is 918. The molecule has 0 atom stereocenters. The summed E-state index contributed by atoms with van der Waals surface area (Å²) in [6.45, 7) is 3.79. The molecule has 6 heteroatoms. The number of carbonyl (C=O) groups excluding carboxylic acids is 2. The van der Waals surface area contributed by atoms with Crippen LogP contribution >= 0.6 is 0 Å². The van der Waals surface area contributed by atoms with Gasteiger partial charge >= 0.3 is 0 Å². The zero-order chi connectivity index (χ0) is 23.5. The van der Waals surface area contributed by atoms with Crippen molar-refractivity contribution >= 4 is 22.9 Å². The van der Waals surface area contributed by atoms with Gasteiger partial charge in [0.15, 0.2) is 11.6 Å². The van der Waals surface area contributed by atoms with Crippen molar-refractivity contribution in [2.45, 2.75) is 12.8 Å². The van der Waals surface area contributed by atoms with E-state index >= 15 is 0 Å². The molecule has 0 fully saturated rings. The van der Waals surface area contributed by atoms with Crippen LogP contribution in [0.25, 0.3) is 0 Å². The van der Waals surface area contributed by atoms with Crippen LogP contribution in [-0.4, -0.2) is 89.0 Å². The molecule has 0 aromatic heterocycles. The van der Waals surface area contributed by atoms with Crippen molar-refractivity contribution in [3.05, 3.63) is 58.7 Å². The highest BCUT2D eigenvalue weighted by Crippen LogP contribution is 2.31. The Morgan fingerprint density at radius 1 is 0.594 bits per heavy atom. The molecular weight excluding hydrogens is 400 g/mol. The Morgan fingerprint density at radius 2 is 0.969 bits per heavy atom. The second-order valence-electron chi connectivity index (χ2n) is 10.8. The first-order chi connectivity index (χ1) is 14.9. The van der Waals surface area contributed by atoms with E-state index in [0.717, 1.165) is 59.4 Å². The molecule has 2 aromatic rings. The average molecular weight is 439 g/mol. The number of hydrogen-bond acceptors (Lipinski definition) is 4. The van der Waals surface area contributed by atoms with E-state index in [9.17, 15) is 9.59 Å². The topological polar surface area (TPSA) is 58.2 Å². The number of anilines is 2. The summed E-state index contributed by atoms with van der Waals surface area (Å²) in [6.07, 6.45) is 2.06. The number of hydrogen-bond donors (Lipinski definition) is 2. The molecule has 0 radical (unpaired) electrons. The van der Waals surface area contributed by atoms with Gasteiger partial charge in [0.25, 0.3) is 0 Å². The number of quaternary nitrogens is 2. The summed E-state index contributed by atoms with van der Waals surface area (Å²) in [5, 5.41) is 6.78. The summed E-state index contributed by atoms with van der Waals surface area (Å²) >= 11 is 0. The quantitative estimate of drug-likeness (QED) is 0.376. The second-order valence-corrected chi connectivity index (χ2v) is 10.8. The van der Waals surface area contributed by atoms with Crippen LogP contribution in [0.2, 0.25) is 0 Å². The van der Waals surface area contributed by atoms with Crippen molar-refractivity contribution in [3.63, 3.8) is 0 Å². The minimum atomic E-state index is -0.0822. The van der Waals surface area contributed by atoms with Crippen molar-refractivity contribution in [1.82, 2.24) is 0 Å². The molecule has 1 aliphatic rings. The molecule has 0 aliphatic heterocycles. The molecule has 1 aliphatic carbocycles. The molecule has 2 aromatic carbocycles. The van der Waals surface area contributed by atoms with E-state index in [1.165, 1.54) is 0 Å². The van der Waals surface area contributed by atoms with Crippen molar-refractivity contribution in [1.29, 1.82) is 0 Å². The predicted octanol–water partition coefficient (Wildman–Crippen LogP) is 3.48. The minimum Gasteiger partial charge on any atom is -0.385 e. The third-order valence-electron chi connectivity index (χ3n) is 5.69. The Morgan fingerprint density at radius 3 is 1.31 bits per heavy atom. The van der Waals surface area contributed by atoms with Gasteiger partial charge in [-0.2, -0.15) is 0 Å². The Kier molecular flexibility index (Phi) is 7.06. The lowest BCUT2D eigenvalue weighted by atomic mass is 9.83. The lowest BCUT2D eigenvalue weighted by Crippen LogP contribution is -2.36. The molecule has 6 nitrogen and oxygen atoms in total. The third-order valence-corrected chi connectivity index (χ3v) is 5.69. The SMILES string of the molecule is C[N+](C)(C)CCCNc1ccc2c(c1)C(=O)c1ccc(NCCC[N+](C)(C)C)cc1C2=O. The van der Waals surface area contributed by atoms with Gasteiger partial charge in [-0.3, -0.25) is 9.59 Å². The zero-order valence-electron chi connectivity index (χ0n) is 20.4. The highest BCUT2D eigenvalue weighted by molar-refractivity contribution is 6.28. The molecule has 2 N–H and O–H groups in total. The fourth-order valence-corrected chi connectivity index (χ4v) is 3.94. The Hall–Kier alpha value is -2.70. The van der Waals surface area contributed by atoms with Gasteiger partial charge < -0.3 is 19.6 Å². The van der Waals surface area contributed by atoms with Gasteiger partial charge in [0.2, 0.25) is 0 Å². The number of ketones is 2. The molecule has 32 heavy (non-hydrogen) atoms. The number of rotatable bonds is 10. The number of nitrogens with one attached hydrogen (secondary N) is 2. The van der Waals surface area contributed by atoms with Crippen LogP contribution in [-0.2, 0) is 0 Å². The number of benzene rings is 2. The molecule has 0 saturated carbocycles. The predicted molar refractivity (Wildman–Crippen MR) is 132 cm³/mol. The van der Waals surface area contributed by atoms with Crippen LogP contribution in [0.3, 0.4) is 0 Å². The van der Waals surface area contributed by atoms with Gasteiger partial charge in [0.1, 0.15) is 0 Å². The number of carbonyl (C=O) groups is 2. The average Bonchev–Trinajstić information content (AvgIpc) is 2.71. The maximum atomic E-state index is 13.1. The van der Waals surface area contributed by atoms with E-state index in [-0.39, 0.29) is 11.6 Å². The third kappa shape index (κ3) is 6.17. The van der Waals surface area contributed by atoms with Crippen LogP contribution in [0, 0.1) is 0 Å². The fraction of sp³-hybridized carbons (Fsp3) is 0.462. The van der Waals surface area contributed by atoms with Gasteiger partial charge in [-0.15, -0.1) is 0 Å². The van der Waals surface area contributed by atoms with Gasteiger partial charge in [0.05, 0.1) is 55.4 Å². The first-order valence-corrected chi connectivity index (χ1v) is 11.4. The van der Waals surface area contributed by atoms with Gasteiger partial charge in [-0.25, -0.2) is 0 Å². The van der Waals surface area contributed by atoms with E-state index < -0.39 is 0 Å². The molecule has 0 bridgehead atoms. The number of nitrogens with zero attached hydrogens (tertiary/aromatic N) is 2. The second kappa shape index (κ2) is 9.43. The van der Waals surface area contributed by atoms with Crippen LogP contribution in [0.1, 0.15) is 44.7 Å². The largest absolute Gasteiger partial charge is 0.385 e. The summed E-state index contributed by atoms with van der Waals surface area (Å²) in [4.78, 5) is 26.3. The van der Waals surface area contributed by atoms with Crippen molar-refractivity contribution < 1.29 is 18.6 Å². The summed E-state index contributed by atoms with van der Waals surface area (Å²) in [5.74, 6) is -0.164. The summed E-state index contributed by atoms with van der Waals surface area (Å²) < 4.78 is 1.84. The molecule has 0 spiro atoms. The van der Waals surface area contributed by atoms with Crippen molar-refractivity contribution in [3.8, 4) is 0 Å². The van der Waals surface area contributed by atoms with E-state index in [4.69, 9.17) is 0 Å². The van der Waals surface area contributed by atoms with Crippen LogP contribution in [0.15, 0.2) is 36.4 Å². The standard InChI is InChI=1S/C26H36N4O2/c1-29(2,3)15-7-13-27-19-9-11-21-23(17-19)25(31)22-12-10-20(18-24(22)26(21)32)28-14-8-16-30(4,5)6/h9-12,17-18H,7-8,13-16H2,1-6H3/p+2. The van der Waals surface area contributed by atoms with Gasteiger partial charge in [-0.05, 0) is 36.4 Å². The zero-order valence-corrected chi connectivity index (χ0v) is 20.4. The van der Waals surface area contributed by atoms with Gasteiger partial charge in [0, 0.05) is 59.6 Å². The summed E-state index contributed by atoms with van der Waals surface area (Å²) in [5.41, 5.74) is 3.71. The van der Waals surface area contributed by atoms with E-state index in [1.807, 2.05) is 24.3 Å². The first-order valence-electron chi connectivity index (χ1n) is 11.4. The first kappa shape index (κ1) is 24.0. The molecule has 3 rings (SSSR count). The van der Waals surface area contributed by atoms with Crippen LogP contribution in [0.4, 0.5) is 11.4 Å². The maximum absolute atomic E-state index is 13.1. The van der Waals surface area contributed by atoms with Crippen molar-refractivity contribution in [2.24, 2.45) is 0 Å². The molecule has 172 valence electrons. The molecule has 0 heterocycles. The molecular formula is C26H38N4O2+2. The molecule has 0 unspecified atom stereocenters. The van der Waals surface area contributed by atoms with E-state index in [2.05, 4.69) is 52.9 Å². The molecule has 0 saturated heterocycles. The summed E-state index contributed by atoms with van der Waals surface area (Å²) in [7, 11) is 13.0. The Labute approximate surface area is 192 Å². The minimum absolute atomic E-state index is 0.0822. The maximum Gasteiger partial charge on any atom is 0.194 e. The Balaban J connectivity index is 1.69. The smallest absolute Gasteiger partial charge is 0.194 e. The van der Waals surface area contributed by atoms with E-state index in [0.29, 0.717) is 22.3 Å². The van der Waals surface area contributed by atoms with Crippen LogP contribution < -0.4 is 10.6 Å². The summed E-state index contributed by atoms with van der Waals surface area (Å²) in [6, 6.07) is 11.0. The monoisotopic (exact) mass is 438 g/mol. The highest BCUT2D eigenvalue weighted by atomic mass is 16.1. The molecule has 0 amide bonds. The normalized spacial score (nSPS) is 13.6. The highest BCUT2D eigenvalue weighted by Gasteiger charge is 2.30. The van der Waals surface area contributed by atoms with E-state index in [1.54, 1.807) is 12.1 Å². The lowest BCUT2D eigenvalue weighted by molar-refractivity contribution is -0.870. The van der Waals surface area contributed by atoms with Crippen molar-refractivity contribution in [2.75, 3.05) is 79.1 Å². The van der Waals surface area contributed by atoms with Crippen LogP contribution in [0.5, 0.6) is 0 Å². The fourth-order valence-electron chi connectivity index (χ4n) is 3.94. The van der Waals surface area contributed by atoms with Gasteiger partial charge in [-0.1, -0.05) is 0 Å². The lowest BCUT2D eigenvalue weighted by Gasteiger charge is -2.24.